The molecule has 0 aliphatic heterocycles. The van der Waals surface area contributed by atoms with Crippen molar-refractivity contribution in [2.45, 2.75) is 52.9 Å². The van der Waals surface area contributed by atoms with Crippen LogP contribution in [0.15, 0.2) is 59.0 Å². The minimum absolute atomic E-state index is 0.259. The first kappa shape index (κ1) is 20.7. The summed E-state index contributed by atoms with van der Waals surface area (Å²) in [6.07, 6.45) is 14.1. The van der Waals surface area contributed by atoms with Gasteiger partial charge in [-0.05, 0) is 83.0 Å². The average Bonchev–Trinajstić information content (AvgIpc) is 3.30. The summed E-state index contributed by atoms with van der Waals surface area (Å²) in [5.41, 5.74) is 4.02. The SMILES string of the molecule is C=C1C=CC2(C)C(=C1)CCC1C3C[C@@H](C)C(C(=C)SC(=C)N(C)C)C3(C)CC3CC312. The molecule has 2 heteroatoms. The second-order valence-electron chi connectivity index (χ2n) is 11.7. The molecule has 0 N–H and O–H groups in total. The highest BCUT2D eigenvalue weighted by molar-refractivity contribution is 8.06. The molecule has 1 nitrogen and oxygen atoms in total. The van der Waals surface area contributed by atoms with Crippen LogP contribution < -0.4 is 0 Å². The van der Waals surface area contributed by atoms with Crippen LogP contribution in [0.4, 0.5) is 0 Å². The van der Waals surface area contributed by atoms with E-state index in [9.17, 15) is 0 Å². The van der Waals surface area contributed by atoms with Crippen molar-refractivity contribution >= 4 is 11.8 Å². The first-order chi connectivity index (χ1) is 14.0. The van der Waals surface area contributed by atoms with E-state index in [0.29, 0.717) is 16.7 Å². The van der Waals surface area contributed by atoms with E-state index in [1.165, 1.54) is 42.6 Å². The van der Waals surface area contributed by atoms with Gasteiger partial charge in [0.1, 0.15) is 0 Å². The Morgan fingerprint density at radius 3 is 2.60 bits per heavy atom. The van der Waals surface area contributed by atoms with Crippen molar-refractivity contribution in [2.24, 2.45) is 45.8 Å². The Bertz CT molecular complexity index is 892. The Kier molecular flexibility index (Phi) is 4.45. The van der Waals surface area contributed by atoms with Crippen LogP contribution in [0.2, 0.25) is 0 Å². The smallest absolute Gasteiger partial charge is 0.0674 e. The largest absolute Gasteiger partial charge is 0.373 e. The van der Waals surface area contributed by atoms with Gasteiger partial charge < -0.3 is 4.90 Å². The van der Waals surface area contributed by atoms with Crippen LogP contribution in [-0.2, 0) is 0 Å². The zero-order valence-electron chi connectivity index (χ0n) is 19.6. The third kappa shape index (κ3) is 2.49. The fourth-order valence-corrected chi connectivity index (χ4v) is 10.0. The summed E-state index contributed by atoms with van der Waals surface area (Å²) in [6, 6.07) is 0. The van der Waals surface area contributed by atoms with E-state index in [4.69, 9.17) is 0 Å². The van der Waals surface area contributed by atoms with Gasteiger partial charge in [0.25, 0.3) is 0 Å². The molecule has 5 rings (SSSR count). The average molecular weight is 422 g/mol. The fourth-order valence-electron chi connectivity index (χ4n) is 8.91. The highest BCUT2D eigenvalue weighted by atomic mass is 32.2. The predicted molar refractivity (Wildman–Crippen MR) is 131 cm³/mol. The zero-order chi connectivity index (χ0) is 21.6. The molecule has 4 fully saturated rings. The minimum Gasteiger partial charge on any atom is -0.373 e. The molecule has 8 atom stereocenters. The molecule has 0 aromatic heterocycles. The summed E-state index contributed by atoms with van der Waals surface area (Å²) in [4.78, 5) is 3.48. The van der Waals surface area contributed by atoms with E-state index in [1.54, 1.807) is 5.57 Å². The van der Waals surface area contributed by atoms with Crippen molar-refractivity contribution in [3.63, 3.8) is 0 Å². The lowest BCUT2D eigenvalue weighted by atomic mass is 9.46. The van der Waals surface area contributed by atoms with Crippen LogP contribution in [0.3, 0.4) is 0 Å². The standard InChI is InChI=1S/C28H39NS/c1-17-11-12-27(6)21(13-17)9-10-23-24-14-18(2)25(19(3)30-20(4)29(7)8)26(24,5)15-22-16-28(22,23)27/h11-13,18,22-25H,1,3-4,9-10,14-16H2,2,5-8H3/t18-,22?,23?,24?,25?,26?,27?,28?/m1/s1. The molecule has 5 aliphatic rings. The summed E-state index contributed by atoms with van der Waals surface area (Å²) >= 11 is 1.83. The quantitative estimate of drug-likeness (QED) is 0.464. The minimum atomic E-state index is 0.259. The maximum absolute atomic E-state index is 4.62. The number of allylic oxidation sites excluding steroid dienone is 6. The predicted octanol–water partition coefficient (Wildman–Crippen LogP) is 7.42. The molecule has 7 unspecified atom stereocenters. The Morgan fingerprint density at radius 2 is 1.90 bits per heavy atom. The lowest BCUT2D eigenvalue weighted by molar-refractivity contribution is -0.0392. The molecule has 0 saturated heterocycles. The second kappa shape index (κ2) is 6.44. The molecule has 162 valence electrons. The van der Waals surface area contributed by atoms with Gasteiger partial charge in [-0.25, -0.2) is 0 Å². The number of rotatable bonds is 4. The van der Waals surface area contributed by atoms with E-state index in [2.05, 4.69) is 77.7 Å². The van der Waals surface area contributed by atoms with E-state index in [0.717, 1.165) is 28.7 Å². The highest BCUT2D eigenvalue weighted by Crippen LogP contribution is 2.83. The highest BCUT2D eigenvalue weighted by Gasteiger charge is 2.76. The van der Waals surface area contributed by atoms with Gasteiger partial charge in [-0.15, -0.1) is 0 Å². The lowest BCUT2D eigenvalue weighted by Crippen LogP contribution is -2.51. The Labute approximate surface area is 188 Å². The van der Waals surface area contributed by atoms with Gasteiger partial charge in [-0.2, -0.15) is 0 Å². The summed E-state index contributed by atoms with van der Waals surface area (Å²) in [7, 11) is 4.18. The molecular formula is C28H39NS. The molecule has 30 heavy (non-hydrogen) atoms. The number of thioether (sulfide) groups is 1. The molecule has 4 saturated carbocycles. The van der Waals surface area contributed by atoms with Gasteiger partial charge in [-0.1, -0.05) is 76.1 Å². The van der Waals surface area contributed by atoms with Crippen LogP contribution in [-0.4, -0.2) is 19.0 Å². The monoisotopic (exact) mass is 421 g/mol. The van der Waals surface area contributed by atoms with Gasteiger partial charge in [0.2, 0.25) is 0 Å². The van der Waals surface area contributed by atoms with Crippen molar-refractivity contribution < 1.29 is 0 Å². The third-order valence-corrected chi connectivity index (χ3v) is 11.3. The number of nitrogens with zero attached hydrogens (tertiary/aromatic N) is 1. The first-order valence-electron chi connectivity index (χ1n) is 11.9. The van der Waals surface area contributed by atoms with Crippen LogP contribution in [0.5, 0.6) is 0 Å². The molecule has 0 radical (unpaired) electrons. The molecular weight excluding hydrogens is 382 g/mol. The summed E-state index contributed by atoms with van der Waals surface area (Å²) < 4.78 is 0. The Hall–Kier alpha value is -1.15. The first-order valence-corrected chi connectivity index (χ1v) is 12.7. The maximum atomic E-state index is 4.62. The van der Waals surface area contributed by atoms with Gasteiger partial charge >= 0.3 is 0 Å². The van der Waals surface area contributed by atoms with Crippen LogP contribution in [0.25, 0.3) is 0 Å². The summed E-state index contributed by atoms with van der Waals surface area (Å²) in [5, 5.41) is 1.11. The van der Waals surface area contributed by atoms with Crippen molar-refractivity contribution in [3.05, 3.63) is 59.0 Å². The van der Waals surface area contributed by atoms with Gasteiger partial charge in [-0.3, -0.25) is 0 Å². The van der Waals surface area contributed by atoms with Gasteiger partial charge in [0, 0.05) is 19.5 Å². The van der Waals surface area contributed by atoms with Gasteiger partial charge in [0.15, 0.2) is 0 Å². The number of hydrogen-bond donors (Lipinski definition) is 0. The molecule has 0 aromatic carbocycles. The normalized spacial score (nSPS) is 48.1. The van der Waals surface area contributed by atoms with Crippen molar-refractivity contribution in [2.75, 3.05) is 14.1 Å². The van der Waals surface area contributed by atoms with Crippen molar-refractivity contribution in [1.82, 2.24) is 4.90 Å². The third-order valence-electron chi connectivity index (χ3n) is 10.2. The number of hydrogen-bond acceptors (Lipinski definition) is 2. The number of fused-ring (bicyclic) bond motifs is 3. The van der Waals surface area contributed by atoms with E-state index in [1.807, 2.05) is 11.8 Å². The summed E-state index contributed by atoms with van der Waals surface area (Å²) in [5.74, 6) is 3.89. The molecule has 5 aliphatic carbocycles. The Balaban J connectivity index is 1.48. The Morgan fingerprint density at radius 1 is 1.17 bits per heavy atom. The maximum Gasteiger partial charge on any atom is 0.0674 e. The van der Waals surface area contributed by atoms with Crippen LogP contribution >= 0.6 is 11.8 Å². The fraction of sp³-hybridized carbons (Fsp3) is 0.643. The molecule has 0 amide bonds. The topological polar surface area (TPSA) is 3.24 Å². The van der Waals surface area contributed by atoms with E-state index in [-0.39, 0.29) is 5.41 Å². The molecule has 0 heterocycles. The van der Waals surface area contributed by atoms with E-state index >= 15 is 0 Å². The van der Waals surface area contributed by atoms with Crippen molar-refractivity contribution in [3.8, 4) is 0 Å². The second-order valence-corrected chi connectivity index (χ2v) is 12.9. The molecule has 0 bridgehead atoms. The van der Waals surface area contributed by atoms with Crippen LogP contribution in [0, 0.1) is 45.8 Å². The molecule has 0 aromatic rings. The molecule has 1 spiro atoms. The summed E-state index contributed by atoms with van der Waals surface area (Å²) in [6.45, 7) is 20.8. The van der Waals surface area contributed by atoms with Crippen molar-refractivity contribution in [1.29, 1.82) is 0 Å². The van der Waals surface area contributed by atoms with E-state index < -0.39 is 0 Å². The zero-order valence-corrected chi connectivity index (χ0v) is 20.4. The van der Waals surface area contributed by atoms with Crippen LogP contribution in [0.1, 0.15) is 52.9 Å². The lowest BCUT2D eigenvalue weighted by Gasteiger charge is -2.58. The van der Waals surface area contributed by atoms with Gasteiger partial charge in [0.05, 0.1) is 5.03 Å².